The molecule has 4 heteroatoms. The Morgan fingerprint density at radius 2 is 2.17 bits per heavy atom. The summed E-state index contributed by atoms with van der Waals surface area (Å²) in [6.45, 7) is 5.33. The topological polar surface area (TPSA) is 48.1 Å². The molecule has 0 amide bonds. The molecule has 3 nitrogen and oxygen atoms in total. The second-order valence-corrected chi connectivity index (χ2v) is 5.20. The molecular formula is C14H18N2OS. The van der Waals surface area contributed by atoms with Crippen molar-refractivity contribution < 1.29 is 4.74 Å². The Balaban J connectivity index is 2.00. The third-order valence-corrected chi connectivity index (χ3v) is 3.78. The normalized spacial score (nSPS) is 10.6. The van der Waals surface area contributed by atoms with Crippen LogP contribution in [0.5, 0.6) is 5.75 Å². The molecule has 0 bridgehead atoms. The van der Waals surface area contributed by atoms with Crippen LogP contribution in [0.1, 0.15) is 21.8 Å². The molecule has 0 aliphatic rings. The maximum absolute atomic E-state index is 5.81. The number of nitrogens with two attached hydrogens (primary N) is 1. The van der Waals surface area contributed by atoms with Crippen molar-refractivity contribution in [3.05, 3.63) is 45.4 Å². The monoisotopic (exact) mass is 262 g/mol. The molecule has 0 aliphatic carbocycles. The van der Waals surface area contributed by atoms with E-state index in [-0.39, 0.29) is 0 Å². The van der Waals surface area contributed by atoms with E-state index in [9.17, 15) is 0 Å². The highest BCUT2D eigenvalue weighted by atomic mass is 32.1. The Morgan fingerprint density at radius 1 is 1.33 bits per heavy atom. The average molecular weight is 262 g/mol. The van der Waals surface area contributed by atoms with Crippen LogP contribution >= 0.6 is 11.3 Å². The molecule has 1 aromatic heterocycles. The van der Waals surface area contributed by atoms with E-state index < -0.39 is 0 Å². The van der Waals surface area contributed by atoms with E-state index in [4.69, 9.17) is 10.5 Å². The van der Waals surface area contributed by atoms with Gasteiger partial charge in [0.1, 0.15) is 17.4 Å². The van der Waals surface area contributed by atoms with E-state index in [1.807, 2.05) is 12.1 Å². The molecule has 0 radical (unpaired) electrons. The van der Waals surface area contributed by atoms with E-state index in [2.05, 4.69) is 30.3 Å². The maximum atomic E-state index is 5.81. The number of nitrogens with zero attached hydrogens (tertiary/aromatic N) is 1. The minimum Gasteiger partial charge on any atom is -0.486 e. The Labute approximate surface area is 112 Å². The average Bonchev–Trinajstić information content (AvgIpc) is 2.79. The molecule has 0 atom stereocenters. The van der Waals surface area contributed by atoms with Crippen molar-refractivity contribution >= 4 is 11.3 Å². The van der Waals surface area contributed by atoms with E-state index >= 15 is 0 Å². The summed E-state index contributed by atoms with van der Waals surface area (Å²) in [5.41, 5.74) is 9.00. The summed E-state index contributed by atoms with van der Waals surface area (Å²) >= 11 is 1.63. The van der Waals surface area contributed by atoms with Crippen LogP contribution in [0.4, 0.5) is 0 Å². The van der Waals surface area contributed by atoms with E-state index in [0.29, 0.717) is 13.2 Å². The van der Waals surface area contributed by atoms with Crippen molar-refractivity contribution in [2.75, 3.05) is 6.54 Å². The first-order valence-corrected chi connectivity index (χ1v) is 6.91. The van der Waals surface area contributed by atoms with Gasteiger partial charge < -0.3 is 10.5 Å². The highest BCUT2D eigenvalue weighted by Crippen LogP contribution is 2.22. The van der Waals surface area contributed by atoms with Gasteiger partial charge in [-0.05, 0) is 37.6 Å². The largest absolute Gasteiger partial charge is 0.486 e. The van der Waals surface area contributed by atoms with Gasteiger partial charge in [0.15, 0.2) is 0 Å². The van der Waals surface area contributed by atoms with Crippen molar-refractivity contribution in [3.8, 4) is 5.75 Å². The number of hydrogen-bond donors (Lipinski definition) is 1. The van der Waals surface area contributed by atoms with Gasteiger partial charge >= 0.3 is 0 Å². The molecule has 0 saturated heterocycles. The zero-order valence-corrected chi connectivity index (χ0v) is 11.6. The van der Waals surface area contributed by atoms with Crippen molar-refractivity contribution in [3.63, 3.8) is 0 Å². The molecule has 2 rings (SSSR count). The van der Waals surface area contributed by atoms with Crippen LogP contribution in [-0.2, 0) is 13.0 Å². The lowest BCUT2D eigenvalue weighted by Crippen LogP contribution is -2.03. The molecule has 1 aromatic carbocycles. The molecular weight excluding hydrogens is 244 g/mol. The third-order valence-electron chi connectivity index (χ3n) is 2.91. The molecule has 18 heavy (non-hydrogen) atoms. The lowest BCUT2D eigenvalue weighted by atomic mass is 10.1. The molecule has 0 saturated carbocycles. The predicted molar refractivity (Wildman–Crippen MR) is 75.1 cm³/mol. The van der Waals surface area contributed by atoms with Gasteiger partial charge in [0.25, 0.3) is 0 Å². The Kier molecular flexibility index (Phi) is 4.33. The van der Waals surface area contributed by atoms with Gasteiger partial charge in [-0.2, -0.15) is 0 Å². The molecule has 1 heterocycles. The number of benzene rings is 1. The highest BCUT2D eigenvalue weighted by Gasteiger charge is 2.05. The van der Waals surface area contributed by atoms with Crippen LogP contribution in [0.2, 0.25) is 0 Å². The van der Waals surface area contributed by atoms with Gasteiger partial charge in [0.05, 0.1) is 5.69 Å². The summed E-state index contributed by atoms with van der Waals surface area (Å²) in [4.78, 5) is 4.48. The molecule has 0 aliphatic heterocycles. The Bertz CT molecular complexity index is 522. The molecule has 0 fully saturated rings. The number of rotatable bonds is 5. The zero-order valence-electron chi connectivity index (χ0n) is 10.8. The Hall–Kier alpha value is -1.39. The number of thiazole rings is 1. The van der Waals surface area contributed by atoms with Crippen LogP contribution < -0.4 is 10.5 Å². The summed E-state index contributed by atoms with van der Waals surface area (Å²) in [7, 11) is 0. The van der Waals surface area contributed by atoms with Crippen LogP contribution in [0, 0.1) is 13.8 Å². The zero-order chi connectivity index (χ0) is 13.0. The molecule has 2 N–H and O–H groups in total. The minimum absolute atomic E-state index is 0.527. The molecule has 0 unspecified atom stereocenters. The lowest BCUT2D eigenvalue weighted by Gasteiger charge is -2.09. The van der Waals surface area contributed by atoms with Gasteiger partial charge in [-0.1, -0.05) is 12.1 Å². The first-order valence-electron chi connectivity index (χ1n) is 6.03. The van der Waals surface area contributed by atoms with Gasteiger partial charge in [-0.25, -0.2) is 4.98 Å². The maximum Gasteiger partial charge on any atom is 0.140 e. The highest BCUT2D eigenvalue weighted by molar-refractivity contribution is 7.09. The van der Waals surface area contributed by atoms with Crippen LogP contribution in [-0.4, -0.2) is 11.5 Å². The van der Waals surface area contributed by atoms with Crippen molar-refractivity contribution in [2.24, 2.45) is 5.73 Å². The van der Waals surface area contributed by atoms with Crippen LogP contribution in [0.3, 0.4) is 0 Å². The fraction of sp³-hybridized carbons (Fsp3) is 0.357. The summed E-state index contributed by atoms with van der Waals surface area (Å²) in [5.74, 6) is 0.936. The number of ether oxygens (including phenoxy) is 1. The second kappa shape index (κ2) is 5.98. The first-order chi connectivity index (χ1) is 8.70. The predicted octanol–water partition coefficient (Wildman–Crippen LogP) is 2.84. The van der Waals surface area contributed by atoms with E-state index in [1.54, 1.807) is 11.3 Å². The summed E-state index contributed by atoms with van der Waals surface area (Å²) in [6.07, 6.45) is 0.833. The smallest absolute Gasteiger partial charge is 0.140 e. The van der Waals surface area contributed by atoms with Gasteiger partial charge in [0.2, 0.25) is 0 Å². The fourth-order valence-corrected chi connectivity index (χ4v) is 2.44. The van der Waals surface area contributed by atoms with Gasteiger partial charge in [0, 0.05) is 11.8 Å². The summed E-state index contributed by atoms with van der Waals surface area (Å²) < 4.78 is 5.81. The Morgan fingerprint density at radius 3 is 2.94 bits per heavy atom. The van der Waals surface area contributed by atoms with Crippen molar-refractivity contribution in [2.45, 2.75) is 26.9 Å². The van der Waals surface area contributed by atoms with E-state index in [0.717, 1.165) is 22.9 Å². The third kappa shape index (κ3) is 3.09. The number of hydrogen-bond acceptors (Lipinski definition) is 4. The number of aryl methyl sites for hydroxylation is 1. The standard InChI is InChI=1S/C14H18N2OS/c1-10-4-3-5-13(11(10)2)17-8-14-16-12(6-7-15)9-18-14/h3-5,9H,6-8,15H2,1-2H3. The summed E-state index contributed by atoms with van der Waals surface area (Å²) in [6, 6.07) is 6.10. The summed E-state index contributed by atoms with van der Waals surface area (Å²) in [5, 5.41) is 3.05. The van der Waals surface area contributed by atoms with Crippen molar-refractivity contribution in [1.29, 1.82) is 0 Å². The SMILES string of the molecule is Cc1cccc(OCc2nc(CCN)cs2)c1C. The molecule has 96 valence electrons. The van der Waals surface area contributed by atoms with Crippen LogP contribution in [0.25, 0.3) is 0 Å². The quantitative estimate of drug-likeness (QED) is 0.901. The fourth-order valence-electron chi connectivity index (χ4n) is 1.70. The molecule has 0 spiro atoms. The van der Waals surface area contributed by atoms with Gasteiger partial charge in [-0.15, -0.1) is 11.3 Å². The second-order valence-electron chi connectivity index (χ2n) is 4.26. The first kappa shape index (κ1) is 13.1. The molecule has 2 aromatic rings. The number of aromatic nitrogens is 1. The van der Waals surface area contributed by atoms with E-state index in [1.165, 1.54) is 11.1 Å². The van der Waals surface area contributed by atoms with Gasteiger partial charge in [-0.3, -0.25) is 0 Å². The van der Waals surface area contributed by atoms with Crippen LogP contribution in [0.15, 0.2) is 23.6 Å². The minimum atomic E-state index is 0.527. The lowest BCUT2D eigenvalue weighted by molar-refractivity contribution is 0.303. The van der Waals surface area contributed by atoms with Crippen molar-refractivity contribution in [1.82, 2.24) is 4.98 Å².